The van der Waals surface area contributed by atoms with Gasteiger partial charge in [-0.15, -0.1) is 0 Å². The number of rotatable bonds is 8. The second kappa shape index (κ2) is 10.0. The van der Waals surface area contributed by atoms with Crippen molar-refractivity contribution in [3.8, 4) is 0 Å². The zero-order valence-corrected chi connectivity index (χ0v) is 17.6. The lowest BCUT2D eigenvalue weighted by Gasteiger charge is -2.25. The largest absolute Gasteiger partial charge is 0.492 e. The maximum Gasteiger partial charge on any atom is 0.223 e. The van der Waals surface area contributed by atoms with E-state index in [9.17, 15) is 5.21 Å². The van der Waals surface area contributed by atoms with Crippen molar-refractivity contribution in [2.24, 2.45) is 5.16 Å². The number of nitrogens with one attached hydrogen (secondary N) is 1. The quantitative estimate of drug-likeness (QED) is 0.196. The molecule has 0 aliphatic heterocycles. The standard InChI is InChI=1S/C22H23BrN4O2/c1-3-7-16(4-2)29-11-10-24-22-25-14-18-20(26-22)12-15(13-21(18)27-28)17-8-5-6-9-19(17)23/h3-9,14-15,28H,1-2,10-13H2,(H,24,25,26)/b16-7+,27-21+. The lowest BCUT2D eigenvalue weighted by Crippen LogP contribution is -2.22. The SMILES string of the molecule is C=C/C=C(\C=C)OCCNc1ncc2c(n1)CC(c1ccccc1Br)C/C2=N\O. The maximum atomic E-state index is 9.50. The van der Waals surface area contributed by atoms with Crippen molar-refractivity contribution in [3.05, 3.63) is 88.9 Å². The van der Waals surface area contributed by atoms with E-state index in [1.165, 1.54) is 5.56 Å². The predicted molar refractivity (Wildman–Crippen MR) is 118 cm³/mol. The summed E-state index contributed by atoms with van der Waals surface area (Å²) in [6.07, 6.45) is 8.13. The number of anilines is 1. The van der Waals surface area contributed by atoms with E-state index in [1.807, 2.05) is 18.2 Å². The van der Waals surface area contributed by atoms with Gasteiger partial charge in [-0.1, -0.05) is 58.5 Å². The Hall–Kier alpha value is -2.93. The maximum absolute atomic E-state index is 9.50. The molecule has 0 radical (unpaired) electrons. The normalized spacial score (nSPS) is 17.5. The highest BCUT2D eigenvalue weighted by atomic mass is 79.9. The molecule has 1 atom stereocenters. The highest BCUT2D eigenvalue weighted by molar-refractivity contribution is 9.10. The van der Waals surface area contributed by atoms with E-state index >= 15 is 0 Å². The minimum Gasteiger partial charge on any atom is -0.492 e. The van der Waals surface area contributed by atoms with Crippen LogP contribution in [0.3, 0.4) is 0 Å². The summed E-state index contributed by atoms with van der Waals surface area (Å²) in [6, 6.07) is 8.10. The Bertz CT molecular complexity index is 956. The summed E-state index contributed by atoms with van der Waals surface area (Å²) in [4.78, 5) is 9.00. The topological polar surface area (TPSA) is 79.6 Å². The zero-order valence-electron chi connectivity index (χ0n) is 16.0. The van der Waals surface area contributed by atoms with E-state index in [4.69, 9.17) is 4.74 Å². The number of ether oxygens (including phenoxy) is 1. The fourth-order valence-corrected chi connectivity index (χ4v) is 3.90. The highest BCUT2D eigenvalue weighted by Gasteiger charge is 2.28. The zero-order chi connectivity index (χ0) is 20.6. The molecular formula is C22H23BrN4O2. The Balaban J connectivity index is 1.72. The van der Waals surface area contributed by atoms with Gasteiger partial charge >= 0.3 is 0 Å². The molecule has 1 aromatic carbocycles. The Morgan fingerprint density at radius 1 is 1.34 bits per heavy atom. The van der Waals surface area contributed by atoms with Crippen molar-refractivity contribution in [1.82, 2.24) is 9.97 Å². The van der Waals surface area contributed by atoms with Crippen LogP contribution in [0.4, 0.5) is 5.95 Å². The van der Waals surface area contributed by atoms with Crippen LogP contribution in [-0.2, 0) is 11.2 Å². The summed E-state index contributed by atoms with van der Waals surface area (Å²) >= 11 is 3.62. The van der Waals surface area contributed by atoms with Crippen LogP contribution >= 0.6 is 15.9 Å². The number of hydrogen-bond acceptors (Lipinski definition) is 6. The van der Waals surface area contributed by atoms with E-state index in [2.05, 4.69) is 55.6 Å². The Labute approximate surface area is 178 Å². The summed E-state index contributed by atoms with van der Waals surface area (Å²) < 4.78 is 6.63. The van der Waals surface area contributed by atoms with Crippen LogP contribution in [0.1, 0.15) is 29.2 Å². The summed E-state index contributed by atoms with van der Waals surface area (Å²) in [7, 11) is 0. The Morgan fingerprint density at radius 2 is 2.17 bits per heavy atom. The monoisotopic (exact) mass is 454 g/mol. The molecule has 0 fully saturated rings. The summed E-state index contributed by atoms with van der Waals surface area (Å²) in [6.45, 7) is 8.32. The van der Waals surface area contributed by atoms with E-state index in [0.717, 1.165) is 22.2 Å². The van der Waals surface area contributed by atoms with Crippen molar-refractivity contribution in [2.45, 2.75) is 18.8 Å². The molecule has 2 N–H and O–H groups in total. The number of hydrogen-bond donors (Lipinski definition) is 2. The predicted octanol–water partition coefficient (Wildman–Crippen LogP) is 4.83. The molecule has 1 heterocycles. The fraction of sp³-hybridized carbons (Fsp3) is 0.227. The fourth-order valence-electron chi connectivity index (χ4n) is 3.29. The van der Waals surface area contributed by atoms with Crippen molar-refractivity contribution < 1.29 is 9.94 Å². The molecule has 0 bridgehead atoms. The molecule has 0 saturated carbocycles. The lowest BCUT2D eigenvalue weighted by atomic mass is 9.82. The first-order valence-corrected chi connectivity index (χ1v) is 10.1. The van der Waals surface area contributed by atoms with Crippen LogP contribution in [0.5, 0.6) is 0 Å². The molecule has 1 aromatic heterocycles. The molecule has 29 heavy (non-hydrogen) atoms. The van der Waals surface area contributed by atoms with Crippen molar-refractivity contribution in [1.29, 1.82) is 0 Å². The van der Waals surface area contributed by atoms with Crippen LogP contribution in [0.25, 0.3) is 0 Å². The number of nitrogens with zero attached hydrogens (tertiary/aromatic N) is 3. The number of aromatic nitrogens is 2. The van der Waals surface area contributed by atoms with Gasteiger partial charge in [-0.2, -0.15) is 0 Å². The molecule has 150 valence electrons. The molecule has 0 amide bonds. The summed E-state index contributed by atoms with van der Waals surface area (Å²) in [5.74, 6) is 1.35. The first-order chi connectivity index (χ1) is 14.2. The molecular weight excluding hydrogens is 432 g/mol. The molecule has 3 rings (SSSR count). The van der Waals surface area contributed by atoms with Crippen molar-refractivity contribution in [2.75, 3.05) is 18.5 Å². The minimum atomic E-state index is 0.175. The third-order valence-electron chi connectivity index (χ3n) is 4.66. The lowest BCUT2D eigenvalue weighted by molar-refractivity contribution is 0.237. The Kier molecular flexibility index (Phi) is 7.19. The van der Waals surface area contributed by atoms with Crippen molar-refractivity contribution >= 4 is 27.6 Å². The number of allylic oxidation sites excluding steroid dienone is 3. The third-order valence-corrected chi connectivity index (χ3v) is 5.38. The van der Waals surface area contributed by atoms with Gasteiger partial charge in [0, 0.05) is 22.7 Å². The molecule has 0 spiro atoms. The first kappa shape index (κ1) is 20.8. The van der Waals surface area contributed by atoms with Gasteiger partial charge in [0.05, 0.1) is 18.0 Å². The van der Waals surface area contributed by atoms with Crippen LogP contribution in [0.15, 0.2) is 77.2 Å². The summed E-state index contributed by atoms with van der Waals surface area (Å²) in [5.41, 5.74) is 3.43. The Morgan fingerprint density at radius 3 is 2.90 bits per heavy atom. The van der Waals surface area contributed by atoms with Gasteiger partial charge in [0.15, 0.2) is 0 Å². The average Bonchev–Trinajstić information content (AvgIpc) is 2.75. The third kappa shape index (κ3) is 5.12. The van der Waals surface area contributed by atoms with E-state index in [0.29, 0.717) is 37.0 Å². The van der Waals surface area contributed by atoms with Gasteiger partial charge in [-0.3, -0.25) is 0 Å². The second-order valence-electron chi connectivity index (χ2n) is 6.51. The van der Waals surface area contributed by atoms with Gasteiger partial charge in [0.1, 0.15) is 12.4 Å². The smallest absolute Gasteiger partial charge is 0.223 e. The number of oxime groups is 1. The van der Waals surface area contributed by atoms with Crippen molar-refractivity contribution in [3.63, 3.8) is 0 Å². The van der Waals surface area contributed by atoms with Crippen LogP contribution in [0.2, 0.25) is 0 Å². The molecule has 0 saturated heterocycles. The molecule has 1 unspecified atom stereocenters. The van der Waals surface area contributed by atoms with E-state index in [1.54, 1.807) is 24.4 Å². The molecule has 2 aromatic rings. The summed E-state index contributed by atoms with van der Waals surface area (Å²) in [5, 5.41) is 16.2. The molecule has 1 aliphatic carbocycles. The highest BCUT2D eigenvalue weighted by Crippen LogP contribution is 2.35. The first-order valence-electron chi connectivity index (χ1n) is 9.29. The van der Waals surface area contributed by atoms with Crippen LogP contribution in [0, 0.1) is 0 Å². The van der Waals surface area contributed by atoms with Crippen LogP contribution < -0.4 is 5.32 Å². The van der Waals surface area contributed by atoms with Gasteiger partial charge in [0.2, 0.25) is 5.95 Å². The number of benzene rings is 1. The van der Waals surface area contributed by atoms with Crippen LogP contribution in [-0.4, -0.2) is 34.0 Å². The molecule has 7 heteroatoms. The number of fused-ring (bicyclic) bond motifs is 1. The van der Waals surface area contributed by atoms with Gasteiger partial charge < -0.3 is 15.3 Å². The minimum absolute atomic E-state index is 0.175. The van der Waals surface area contributed by atoms with E-state index in [-0.39, 0.29) is 5.92 Å². The van der Waals surface area contributed by atoms with Gasteiger partial charge in [-0.25, -0.2) is 9.97 Å². The second-order valence-corrected chi connectivity index (χ2v) is 7.37. The molecule has 1 aliphatic rings. The number of halogens is 1. The molecule has 6 nitrogen and oxygen atoms in total. The van der Waals surface area contributed by atoms with E-state index < -0.39 is 0 Å². The van der Waals surface area contributed by atoms with Gasteiger partial charge in [-0.05, 0) is 36.1 Å². The van der Waals surface area contributed by atoms with Gasteiger partial charge in [0.25, 0.3) is 0 Å². The average molecular weight is 455 g/mol.